The van der Waals surface area contributed by atoms with Crippen molar-refractivity contribution >= 4 is 11.0 Å². The zero-order valence-corrected chi connectivity index (χ0v) is 11.8. The van der Waals surface area contributed by atoms with Crippen molar-refractivity contribution in [3.8, 4) is 0 Å². The lowest BCUT2D eigenvalue weighted by Crippen LogP contribution is -2.26. The van der Waals surface area contributed by atoms with Gasteiger partial charge in [0.25, 0.3) is 0 Å². The molecular weight excluding hydrogens is 238 g/mol. The van der Waals surface area contributed by atoms with Gasteiger partial charge in [-0.3, -0.25) is 0 Å². The van der Waals surface area contributed by atoms with E-state index in [4.69, 9.17) is 5.11 Å². The summed E-state index contributed by atoms with van der Waals surface area (Å²) in [5.41, 5.74) is 3.25. The van der Waals surface area contributed by atoms with Crippen molar-refractivity contribution in [2.24, 2.45) is 0 Å². The second-order valence-electron chi connectivity index (χ2n) is 4.88. The average Bonchev–Trinajstić information content (AvgIpc) is 2.85. The van der Waals surface area contributed by atoms with Gasteiger partial charge in [0.05, 0.1) is 11.0 Å². The maximum atomic E-state index is 9.07. The van der Waals surface area contributed by atoms with E-state index < -0.39 is 0 Å². The fraction of sp³-hybridized carbons (Fsp3) is 0.533. The number of likely N-dealkylation sites (N-methyl/N-ethyl adjacent to an activating group) is 1. The summed E-state index contributed by atoms with van der Waals surface area (Å²) in [7, 11) is 0. The predicted molar refractivity (Wildman–Crippen MR) is 78.1 cm³/mol. The summed E-state index contributed by atoms with van der Waals surface area (Å²) in [4.78, 5) is 9.90. The summed E-state index contributed by atoms with van der Waals surface area (Å²) >= 11 is 0. The molecule has 0 aliphatic carbocycles. The molecule has 0 bridgehead atoms. The van der Waals surface area contributed by atoms with Gasteiger partial charge < -0.3 is 15.0 Å². The molecule has 1 aromatic carbocycles. The molecule has 0 atom stereocenters. The van der Waals surface area contributed by atoms with Crippen molar-refractivity contribution in [2.45, 2.75) is 33.3 Å². The van der Waals surface area contributed by atoms with Crippen LogP contribution in [-0.2, 0) is 13.0 Å². The van der Waals surface area contributed by atoms with Gasteiger partial charge in [-0.2, -0.15) is 0 Å². The molecule has 0 radical (unpaired) electrons. The van der Waals surface area contributed by atoms with E-state index in [9.17, 15) is 0 Å². The standard InChI is InChI=1S/C15H23N3O/c1-3-8-18(4-2)9-7-12-5-6-13-14(10-12)17-15(11-19)16-13/h5-6,10,19H,3-4,7-9,11H2,1-2H3,(H,16,17). The first-order valence-corrected chi connectivity index (χ1v) is 7.07. The molecule has 0 saturated carbocycles. The molecule has 4 heteroatoms. The maximum absolute atomic E-state index is 9.07. The van der Waals surface area contributed by atoms with Crippen LogP contribution in [0.3, 0.4) is 0 Å². The molecule has 0 fully saturated rings. The predicted octanol–water partition coefficient (Wildman–Crippen LogP) is 2.33. The number of aromatic amines is 1. The lowest BCUT2D eigenvalue weighted by molar-refractivity contribution is 0.273. The van der Waals surface area contributed by atoms with Crippen LogP contribution >= 0.6 is 0 Å². The van der Waals surface area contributed by atoms with Gasteiger partial charge >= 0.3 is 0 Å². The van der Waals surface area contributed by atoms with E-state index in [1.54, 1.807) is 0 Å². The van der Waals surface area contributed by atoms with Crippen molar-refractivity contribution < 1.29 is 5.11 Å². The average molecular weight is 261 g/mol. The molecule has 0 aliphatic heterocycles. The van der Waals surface area contributed by atoms with Gasteiger partial charge in [-0.1, -0.05) is 19.9 Å². The minimum atomic E-state index is -0.0376. The van der Waals surface area contributed by atoms with E-state index in [1.165, 1.54) is 12.0 Å². The SMILES string of the molecule is CCCN(CC)CCc1ccc2nc(CO)[nH]c2c1. The Morgan fingerprint density at radius 3 is 2.79 bits per heavy atom. The van der Waals surface area contributed by atoms with E-state index in [0.717, 1.165) is 37.1 Å². The van der Waals surface area contributed by atoms with Gasteiger partial charge in [-0.25, -0.2) is 4.98 Å². The van der Waals surface area contributed by atoms with Gasteiger partial charge in [-0.05, 0) is 43.6 Å². The number of rotatable bonds is 7. The van der Waals surface area contributed by atoms with Gasteiger partial charge in [-0.15, -0.1) is 0 Å². The summed E-state index contributed by atoms with van der Waals surface area (Å²) in [6.45, 7) is 7.75. The molecule has 2 rings (SSSR count). The Morgan fingerprint density at radius 2 is 2.11 bits per heavy atom. The Morgan fingerprint density at radius 1 is 1.26 bits per heavy atom. The summed E-state index contributed by atoms with van der Waals surface area (Å²) in [6, 6.07) is 6.29. The minimum Gasteiger partial charge on any atom is -0.388 e. The molecule has 1 heterocycles. The molecule has 19 heavy (non-hydrogen) atoms. The number of H-pyrrole nitrogens is 1. The number of hydrogen-bond acceptors (Lipinski definition) is 3. The van der Waals surface area contributed by atoms with Gasteiger partial charge in [0.1, 0.15) is 12.4 Å². The highest BCUT2D eigenvalue weighted by Gasteiger charge is 2.05. The number of benzene rings is 1. The van der Waals surface area contributed by atoms with Crippen molar-refractivity contribution in [1.82, 2.24) is 14.9 Å². The Labute approximate surface area is 114 Å². The van der Waals surface area contributed by atoms with Crippen LogP contribution in [0, 0.1) is 0 Å². The highest BCUT2D eigenvalue weighted by molar-refractivity contribution is 5.75. The number of nitrogens with zero attached hydrogens (tertiary/aromatic N) is 2. The van der Waals surface area contributed by atoms with Gasteiger partial charge in [0.15, 0.2) is 0 Å². The van der Waals surface area contributed by atoms with E-state index in [0.29, 0.717) is 5.82 Å². The number of imidazole rings is 1. The first-order valence-electron chi connectivity index (χ1n) is 7.07. The quantitative estimate of drug-likeness (QED) is 0.804. The topological polar surface area (TPSA) is 52.1 Å². The van der Waals surface area contributed by atoms with Crippen LogP contribution in [0.25, 0.3) is 11.0 Å². The number of aliphatic hydroxyl groups excluding tert-OH is 1. The van der Waals surface area contributed by atoms with Crippen LogP contribution in [0.2, 0.25) is 0 Å². The molecular formula is C15H23N3O. The second kappa shape index (κ2) is 6.68. The Kier molecular flexibility index (Phi) is 4.93. The highest BCUT2D eigenvalue weighted by atomic mass is 16.3. The monoisotopic (exact) mass is 261 g/mol. The summed E-state index contributed by atoms with van der Waals surface area (Å²) < 4.78 is 0. The van der Waals surface area contributed by atoms with E-state index >= 15 is 0 Å². The Balaban J connectivity index is 2.04. The normalized spacial score (nSPS) is 11.6. The van der Waals surface area contributed by atoms with Crippen molar-refractivity contribution in [3.63, 3.8) is 0 Å². The first-order chi connectivity index (χ1) is 9.26. The highest BCUT2D eigenvalue weighted by Crippen LogP contribution is 2.14. The lowest BCUT2D eigenvalue weighted by atomic mass is 10.1. The first kappa shape index (κ1) is 14.0. The third kappa shape index (κ3) is 3.55. The largest absolute Gasteiger partial charge is 0.388 e. The van der Waals surface area contributed by atoms with Crippen LogP contribution < -0.4 is 0 Å². The number of fused-ring (bicyclic) bond motifs is 1. The molecule has 0 spiro atoms. The molecule has 4 nitrogen and oxygen atoms in total. The van der Waals surface area contributed by atoms with E-state index in [-0.39, 0.29) is 6.61 Å². The Bertz CT molecular complexity index is 521. The van der Waals surface area contributed by atoms with E-state index in [2.05, 4.69) is 40.8 Å². The van der Waals surface area contributed by atoms with Gasteiger partial charge in [0.2, 0.25) is 0 Å². The molecule has 0 saturated heterocycles. The fourth-order valence-corrected chi connectivity index (χ4v) is 2.37. The third-order valence-electron chi connectivity index (χ3n) is 3.45. The summed E-state index contributed by atoms with van der Waals surface area (Å²) in [6.07, 6.45) is 2.25. The molecule has 2 aromatic rings. The molecule has 2 N–H and O–H groups in total. The van der Waals surface area contributed by atoms with Crippen LogP contribution in [-0.4, -0.2) is 39.6 Å². The van der Waals surface area contributed by atoms with E-state index in [1.807, 2.05) is 6.07 Å². The molecule has 0 aliphatic rings. The van der Waals surface area contributed by atoms with Crippen LogP contribution in [0.1, 0.15) is 31.7 Å². The Hall–Kier alpha value is -1.39. The summed E-state index contributed by atoms with van der Waals surface area (Å²) in [5, 5.41) is 9.07. The maximum Gasteiger partial charge on any atom is 0.133 e. The third-order valence-corrected chi connectivity index (χ3v) is 3.45. The van der Waals surface area contributed by atoms with Crippen LogP contribution in [0.5, 0.6) is 0 Å². The minimum absolute atomic E-state index is 0.0376. The van der Waals surface area contributed by atoms with Crippen molar-refractivity contribution in [1.29, 1.82) is 0 Å². The number of aliphatic hydroxyl groups is 1. The smallest absolute Gasteiger partial charge is 0.133 e. The number of aromatic nitrogens is 2. The van der Waals surface area contributed by atoms with Crippen LogP contribution in [0.4, 0.5) is 0 Å². The van der Waals surface area contributed by atoms with Crippen molar-refractivity contribution in [2.75, 3.05) is 19.6 Å². The molecule has 1 aromatic heterocycles. The lowest BCUT2D eigenvalue weighted by Gasteiger charge is -2.19. The van der Waals surface area contributed by atoms with Gasteiger partial charge in [0, 0.05) is 6.54 Å². The molecule has 104 valence electrons. The van der Waals surface area contributed by atoms with Crippen LogP contribution in [0.15, 0.2) is 18.2 Å². The zero-order chi connectivity index (χ0) is 13.7. The fourth-order valence-electron chi connectivity index (χ4n) is 2.37. The summed E-state index contributed by atoms with van der Waals surface area (Å²) in [5.74, 6) is 0.633. The number of hydrogen-bond donors (Lipinski definition) is 2. The van der Waals surface area contributed by atoms with Crippen molar-refractivity contribution in [3.05, 3.63) is 29.6 Å². The zero-order valence-electron chi connectivity index (χ0n) is 11.8. The number of nitrogens with one attached hydrogen (secondary N) is 1. The molecule has 0 unspecified atom stereocenters. The molecule has 0 amide bonds. The second-order valence-corrected chi connectivity index (χ2v) is 4.88.